The summed E-state index contributed by atoms with van der Waals surface area (Å²) in [5.74, 6) is -2.84. The number of aliphatic hydroxyl groups excluding tert-OH is 1. The van der Waals surface area contributed by atoms with Gasteiger partial charge in [-0.15, -0.1) is 0 Å². The van der Waals surface area contributed by atoms with E-state index in [-0.39, 0.29) is 11.5 Å². The lowest BCUT2D eigenvalue weighted by Gasteiger charge is -2.49. The molecule has 0 radical (unpaired) electrons. The summed E-state index contributed by atoms with van der Waals surface area (Å²) in [7, 11) is 0. The van der Waals surface area contributed by atoms with Crippen molar-refractivity contribution in [3.05, 3.63) is 0 Å². The summed E-state index contributed by atoms with van der Waals surface area (Å²) < 4.78 is 51.4. The first kappa shape index (κ1) is 23.3. The van der Waals surface area contributed by atoms with Crippen LogP contribution in [0.5, 0.6) is 0 Å². The molecule has 2 unspecified atom stereocenters. The van der Waals surface area contributed by atoms with Gasteiger partial charge in [0.25, 0.3) is 0 Å². The quantitative estimate of drug-likeness (QED) is 0.700. The maximum Gasteiger partial charge on any atom is 0.394 e. The molecule has 0 aromatic heterocycles. The molecular weight excluding hydrogens is 413 g/mol. The molecule has 178 valence electrons. The third-order valence-electron chi connectivity index (χ3n) is 7.86. The van der Waals surface area contributed by atoms with E-state index in [1.807, 2.05) is 0 Å². The largest absolute Gasteiger partial charge is 0.396 e. The topological polar surface area (TPSA) is 62.2 Å². The van der Waals surface area contributed by atoms with Crippen molar-refractivity contribution < 1.29 is 32.5 Å². The third-order valence-corrected chi connectivity index (χ3v) is 7.86. The molecule has 4 fully saturated rings. The van der Waals surface area contributed by atoms with Crippen LogP contribution >= 0.6 is 0 Å². The molecule has 0 aromatic carbocycles. The van der Waals surface area contributed by atoms with Gasteiger partial charge in [0.05, 0.1) is 31.3 Å². The molecule has 3 aliphatic heterocycles. The van der Waals surface area contributed by atoms with Crippen molar-refractivity contribution in [1.82, 2.24) is 9.80 Å². The second-order valence-electron chi connectivity index (χ2n) is 9.85. The molecular formula is C22H35F3N2O4. The van der Waals surface area contributed by atoms with Gasteiger partial charge in [0.2, 0.25) is 5.91 Å². The maximum absolute atomic E-state index is 13.2. The van der Waals surface area contributed by atoms with E-state index in [9.17, 15) is 23.1 Å². The summed E-state index contributed by atoms with van der Waals surface area (Å²) in [6.45, 7) is 5.23. The Morgan fingerprint density at radius 2 is 1.90 bits per heavy atom. The van der Waals surface area contributed by atoms with Gasteiger partial charge in [-0.05, 0) is 50.4 Å². The molecule has 31 heavy (non-hydrogen) atoms. The molecule has 6 nitrogen and oxygen atoms in total. The Balaban J connectivity index is 1.29. The van der Waals surface area contributed by atoms with Crippen molar-refractivity contribution in [3.63, 3.8) is 0 Å². The Labute approximate surface area is 182 Å². The van der Waals surface area contributed by atoms with Crippen LogP contribution in [0.1, 0.15) is 38.5 Å². The van der Waals surface area contributed by atoms with Gasteiger partial charge >= 0.3 is 6.18 Å². The van der Waals surface area contributed by atoms with Gasteiger partial charge in [-0.25, -0.2) is 0 Å². The van der Waals surface area contributed by atoms with Crippen LogP contribution in [0.15, 0.2) is 0 Å². The van der Waals surface area contributed by atoms with E-state index >= 15 is 0 Å². The van der Waals surface area contributed by atoms with E-state index in [4.69, 9.17) is 9.47 Å². The Morgan fingerprint density at radius 3 is 2.48 bits per heavy atom. The van der Waals surface area contributed by atoms with Gasteiger partial charge in [-0.2, -0.15) is 13.2 Å². The number of aliphatic hydroxyl groups is 1. The Bertz CT molecular complexity index is 618. The number of rotatable bonds is 5. The van der Waals surface area contributed by atoms with Crippen molar-refractivity contribution in [2.45, 2.75) is 50.3 Å². The second kappa shape index (κ2) is 9.53. The van der Waals surface area contributed by atoms with Crippen molar-refractivity contribution in [2.75, 3.05) is 59.2 Å². The Hall–Kier alpha value is -0.900. The molecule has 1 N–H and O–H groups in total. The maximum atomic E-state index is 13.2. The summed E-state index contributed by atoms with van der Waals surface area (Å²) in [6, 6.07) is 0. The number of piperidine rings is 1. The minimum atomic E-state index is -4.47. The van der Waals surface area contributed by atoms with Crippen LogP contribution < -0.4 is 0 Å². The van der Waals surface area contributed by atoms with E-state index in [1.165, 1.54) is 6.42 Å². The van der Waals surface area contributed by atoms with Crippen molar-refractivity contribution >= 4 is 5.91 Å². The Kier molecular flexibility index (Phi) is 7.15. The van der Waals surface area contributed by atoms with E-state index in [0.29, 0.717) is 38.5 Å². The van der Waals surface area contributed by atoms with Gasteiger partial charge in [-0.3, -0.25) is 9.69 Å². The molecule has 3 heterocycles. The molecule has 0 aromatic rings. The van der Waals surface area contributed by atoms with Crippen LogP contribution in [0.4, 0.5) is 13.2 Å². The number of hydrogen-bond acceptors (Lipinski definition) is 5. The minimum Gasteiger partial charge on any atom is -0.396 e. The molecule has 1 spiro atoms. The Morgan fingerprint density at radius 1 is 1.13 bits per heavy atom. The molecule has 3 saturated heterocycles. The second-order valence-corrected chi connectivity index (χ2v) is 9.85. The highest BCUT2D eigenvalue weighted by Crippen LogP contribution is 2.47. The SMILES string of the molecule is O=C(C1CC[C@@H]1[C@H](CO)C(F)(F)F)N1CCC2(CC1)CN(CC1CCCOC1)CCO2. The van der Waals surface area contributed by atoms with Gasteiger partial charge in [0.15, 0.2) is 0 Å². The highest BCUT2D eigenvalue weighted by Gasteiger charge is 2.53. The van der Waals surface area contributed by atoms with Crippen LogP contribution in [0.25, 0.3) is 0 Å². The molecule has 1 amide bonds. The number of amides is 1. The summed E-state index contributed by atoms with van der Waals surface area (Å²) in [5, 5.41) is 9.24. The van der Waals surface area contributed by atoms with Crippen molar-refractivity contribution in [3.8, 4) is 0 Å². The lowest BCUT2D eigenvalue weighted by Crippen LogP contribution is -2.59. The predicted octanol–water partition coefficient (Wildman–Crippen LogP) is 2.30. The molecule has 1 saturated carbocycles. The van der Waals surface area contributed by atoms with Crippen molar-refractivity contribution in [2.24, 2.45) is 23.7 Å². The summed E-state index contributed by atoms with van der Waals surface area (Å²) in [5.41, 5.74) is -0.261. The fourth-order valence-corrected chi connectivity index (χ4v) is 5.86. The normalized spacial score (nSPS) is 33.2. The summed E-state index contributed by atoms with van der Waals surface area (Å²) >= 11 is 0. The summed E-state index contributed by atoms with van der Waals surface area (Å²) in [6.07, 6.45) is 0.111. The number of nitrogens with zero attached hydrogens (tertiary/aromatic N) is 2. The third kappa shape index (κ3) is 5.20. The molecule has 4 aliphatic rings. The smallest absolute Gasteiger partial charge is 0.394 e. The van der Waals surface area contributed by atoms with Crippen LogP contribution in [0, 0.1) is 23.7 Å². The number of morpholine rings is 1. The zero-order chi connectivity index (χ0) is 22.1. The van der Waals surface area contributed by atoms with E-state index in [2.05, 4.69) is 4.90 Å². The lowest BCUT2D eigenvalue weighted by molar-refractivity contribution is -0.215. The molecule has 1 aliphatic carbocycles. The number of hydrogen-bond donors (Lipinski definition) is 1. The van der Waals surface area contributed by atoms with Crippen LogP contribution in [-0.4, -0.2) is 91.7 Å². The van der Waals surface area contributed by atoms with Gasteiger partial charge < -0.3 is 19.5 Å². The average Bonchev–Trinajstić information content (AvgIpc) is 2.71. The van der Waals surface area contributed by atoms with E-state index in [1.54, 1.807) is 4.90 Å². The highest BCUT2D eigenvalue weighted by molar-refractivity contribution is 5.80. The fraction of sp³-hybridized carbons (Fsp3) is 0.955. The average molecular weight is 449 g/mol. The molecule has 4 atom stereocenters. The van der Waals surface area contributed by atoms with Gasteiger partial charge in [0, 0.05) is 45.2 Å². The molecule has 4 rings (SSSR count). The van der Waals surface area contributed by atoms with Crippen molar-refractivity contribution in [1.29, 1.82) is 0 Å². The number of carbonyl (C=O) groups excluding carboxylic acids is 1. The highest BCUT2D eigenvalue weighted by atomic mass is 19.4. The predicted molar refractivity (Wildman–Crippen MR) is 107 cm³/mol. The van der Waals surface area contributed by atoms with E-state index in [0.717, 1.165) is 52.1 Å². The van der Waals surface area contributed by atoms with Gasteiger partial charge in [-0.1, -0.05) is 0 Å². The number of halogens is 3. The monoisotopic (exact) mass is 448 g/mol. The molecule has 9 heteroatoms. The first-order chi connectivity index (χ1) is 14.8. The van der Waals surface area contributed by atoms with E-state index < -0.39 is 30.5 Å². The first-order valence-corrected chi connectivity index (χ1v) is 11.7. The standard InChI is InChI=1S/C22H35F3N2O4/c23-22(24,25)19(13-28)17-3-4-18(17)20(29)27-7-5-21(6-8-27)15-26(9-11-31-21)12-16-2-1-10-30-14-16/h16-19,28H,1-15H2/t16?,17-,18?,19-/m0/s1. The lowest BCUT2D eigenvalue weighted by atomic mass is 9.66. The number of alkyl halides is 3. The van der Waals surface area contributed by atoms with Crippen LogP contribution in [0.2, 0.25) is 0 Å². The number of ether oxygens (including phenoxy) is 2. The zero-order valence-corrected chi connectivity index (χ0v) is 18.1. The number of carbonyl (C=O) groups is 1. The van der Waals surface area contributed by atoms with Gasteiger partial charge in [0.1, 0.15) is 0 Å². The minimum absolute atomic E-state index is 0.180. The zero-order valence-electron chi connectivity index (χ0n) is 18.1. The number of likely N-dealkylation sites (tertiary alicyclic amines) is 1. The van der Waals surface area contributed by atoms with Crippen LogP contribution in [-0.2, 0) is 14.3 Å². The fourth-order valence-electron chi connectivity index (χ4n) is 5.86. The van der Waals surface area contributed by atoms with Crippen LogP contribution in [0.3, 0.4) is 0 Å². The molecule has 0 bridgehead atoms. The summed E-state index contributed by atoms with van der Waals surface area (Å²) in [4.78, 5) is 17.1. The first-order valence-electron chi connectivity index (χ1n) is 11.7.